The molecule has 0 amide bonds. The Labute approximate surface area is 113 Å². The molecular formula is C12H7F7O2. The summed E-state index contributed by atoms with van der Waals surface area (Å²) in [7, 11) is 0. The van der Waals surface area contributed by atoms with Gasteiger partial charge in [0.15, 0.2) is 0 Å². The first-order chi connectivity index (χ1) is 9.54. The molecule has 0 spiro atoms. The molecule has 2 nitrogen and oxygen atoms in total. The van der Waals surface area contributed by atoms with E-state index in [2.05, 4.69) is 0 Å². The molecule has 0 heterocycles. The van der Waals surface area contributed by atoms with E-state index in [0.717, 1.165) is 6.07 Å². The van der Waals surface area contributed by atoms with Crippen molar-refractivity contribution in [2.45, 2.75) is 18.8 Å². The van der Waals surface area contributed by atoms with E-state index < -0.39 is 47.3 Å². The zero-order valence-electron chi connectivity index (χ0n) is 9.97. The van der Waals surface area contributed by atoms with E-state index in [9.17, 15) is 35.5 Å². The maximum absolute atomic E-state index is 13.0. The van der Waals surface area contributed by atoms with Crippen LogP contribution < -0.4 is 0 Å². The number of aromatic carboxylic acids is 1. The number of allylic oxidation sites excluding steroid dienone is 1. The van der Waals surface area contributed by atoms with Crippen LogP contribution in [0.1, 0.15) is 21.5 Å². The Morgan fingerprint density at radius 3 is 2.19 bits per heavy atom. The van der Waals surface area contributed by atoms with Gasteiger partial charge in [0.25, 0.3) is 6.43 Å². The number of halogens is 7. The summed E-state index contributed by atoms with van der Waals surface area (Å²) in [5.74, 6) is -3.82. The molecule has 21 heavy (non-hydrogen) atoms. The normalized spacial score (nSPS) is 14.4. The van der Waals surface area contributed by atoms with Crippen molar-refractivity contribution >= 4 is 12.0 Å². The van der Waals surface area contributed by atoms with Crippen molar-refractivity contribution in [3.8, 4) is 0 Å². The van der Waals surface area contributed by atoms with Gasteiger partial charge in [-0.3, -0.25) is 0 Å². The second-order valence-electron chi connectivity index (χ2n) is 3.87. The van der Waals surface area contributed by atoms with Crippen LogP contribution in [0.5, 0.6) is 0 Å². The summed E-state index contributed by atoms with van der Waals surface area (Å²) in [6.07, 6.45) is -11.8. The summed E-state index contributed by atoms with van der Waals surface area (Å²) in [5.41, 5.74) is -3.28. The maximum atomic E-state index is 13.0. The van der Waals surface area contributed by atoms with Gasteiger partial charge in [-0.05, 0) is 23.8 Å². The van der Waals surface area contributed by atoms with Crippen LogP contribution in [-0.4, -0.2) is 23.7 Å². The first-order valence-corrected chi connectivity index (χ1v) is 5.28. The van der Waals surface area contributed by atoms with Crippen LogP contribution in [0.4, 0.5) is 30.7 Å². The quantitative estimate of drug-likeness (QED) is 0.840. The summed E-state index contributed by atoms with van der Waals surface area (Å²) in [6, 6.07) is 1.51. The highest BCUT2D eigenvalue weighted by Crippen LogP contribution is 2.33. The lowest BCUT2D eigenvalue weighted by Crippen LogP contribution is -2.14. The molecule has 116 valence electrons. The monoisotopic (exact) mass is 316 g/mol. The van der Waals surface area contributed by atoms with E-state index in [1.807, 2.05) is 0 Å². The van der Waals surface area contributed by atoms with Gasteiger partial charge in [0, 0.05) is 0 Å². The van der Waals surface area contributed by atoms with Crippen LogP contribution in [0.2, 0.25) is 0 Å². The number of alkyl halides is 6. The summed E-state index contributed by atoms with van der Waals surface area (Å²) >= 11 is 0. The van der Waals surface area contributed by atoms with Crippen molar-refractivity contribution in [2.24, 2.45) is 0 Å². The molecule has 9 heteroatoms. The highest BCUT2D eigenvalue weighted by atomic mass is 19.4. The van der Waals surface area contributed by atoms with Gasteiger partial charge in [0.1, 0.15) is 5.83 Å². The van der Waals surface area contributed by atoms with Crippen molar-refractivity contribution in [3.05, 3.63) is 40.7 Å². The first-order valence-electron chi connectivity index (χ1n) is 5.28. The Kier molecular flexibility index (Phi) is 4.97. The molecule has 1 aromatic carbocycles. The fourth-order valence-corrected chi connectivity index (χ4v) is 1.43. The lowest BCUT2D eigenvalue weighted by atomic mass is 10.0. The molecule has 0 aliphatic rings. The highest BCUT2D eigenvalue weighted by Gasteiger charge is 2.35. The summed E-state index contributed by atoms with van der Waals surface area (Å²) in [4.78, 5) is 10.7. The minimum Gasteiger partial charge on any atom is -0.478 e. The van der Waals surface area contributed by atoms with Crippen molar-refractivity contribution < 1.29 is 40.6 Å². The van der Waals surface area contributed by atoms with Crippen molar-refractivity contribution in [1.82, 2.24) is 0 Å². The first kappa shape index (κ1) is 17.0. The van der Waals surface area contributed by atoms with Gasteiger partial charge in [-0.1, -0.05) is 6.07 Å². The molecule has 1 unspecified atom stereocenters. The zero-order chi connectivity index (χ0) is 16.4. The fourth-order valence-electron chi connectivity index (χ4n) is 1.43. The fraction of sp³-hybridized carbons (Fsp3) is 0.250. The van der Waals surface area contributed by atoms with Gasteiger partial charge >= 0.3 is 12.1 Å². The largest absolute Gasteiger partial charge is 0.478 e. The molecular weight excluding hydrogens is 309 g/mol. The van der Waals surface area contributed by atoms with Gasteiger partial charge in [-0.2, -0.15) is 13.2 Å². The van der Waals surface area contributed by atoms with E-state index >= 15 is 0 Å². The van der Waals surface area contributed by atoms with Crippen LogP contribution in [0.25, 0.3) is 6.08 Å². The number of hydrogen-bond acceptors (Lipinski definition) is 1. The topological polar surface area (TPSA) is 37.3 Å². The Morgan fingerprint density at radius 1 is 1.19 bits per heavy atom. The van der Waals surface area contributed by atoms with E-state index in [1.165, 1.54) is 0 Å². The third-order valence-corrected chi connectivity index (χ3v) is 2.37. The number of carboxylic acid groups (broad SMARTS) is 1. The summed E-state index contributed by atoms with van der Waals surface area (Å²) in [6.45, 7) is 0. The Balaban J connectivity index is 3.30. The van der Waals surface area contributed by atoms with Crippen molar-refractivity contribution in [1.29, 1.82) is 0 Å². The van der Waals surface area contributed by atoms with Crippen LogP contribution in [0, 0.1) is 0 Å². The highest BCUT2D eigenvalue weighted by molar-refractivity contribution is 5.90. The average Bonchev–Trinajstić information content (AvgIpc) is 2.36. The van der Waals surface area contributed by atoms with E-state index in [-0.39, 0.29) is 12.1 Å². The van der Waals surface area contributed by atoms with Crippen LogP contribution in [0.3, 0.4) is 0 Å². The van der Waals surface area contributed by atoms with Crippen LogP contribution in [-0.2, 0) is 6.18 Å². The number of carbonyl (C=O) groups is 1. The number of rotatable bonds is 4. The van der Waals surface area contributed by atoms with Gasteiger partial charge in [0.05, 0.1) is 11.1 Å². The van der Waals surface area contributed by atoms with Gasteiger partial charge in [-0.15, -0.1) is 0 Å². The average molecular weight is 316 g/mol. The van der Waals surface area contributed by atoms with E-state index in [4.69, 9.17) is 5.11 Å². The molecule has 0 saturated carbocycles. The number of benzene rings is 1. The van der Waals surface area contributed by atoms with E-state index in [1.54, 1.807) is 0 Å². The predicted octanol–water partition coefficient (Wildman–Crippen LogP) is 4.32. The predicted molar refractivity (Wildman–Crippen MR) is 58.4 cm³/mol. The van der Waals surface area contributed by atoms with E-state index in [0.29, 0.717) is 6.07 Å². The minimum atomic E-state index is -5.05. The van der Waals surface area contributed by atoms with Crippen LogP contribution >= 0.6 is 0 Å². The Bertz CT molecular complexity index is 563. The molecule has 0 bridgehead atoms. The third-order valence-electron chi connectivity index (χ3n) is 2.37. The number of hydrogen-bond donors (Lipinski definition) is 1. The smallest absolute Gasteiger partial charge is 0.417 e. The second kappa shape index (κ2) is 6.15. The molecule has 0 fully saturated rings. The molecule has 1 atom stereocenters. The van der Waals surface area contributed by atoms with Crippen molar-refractivity contribution in [3.63, 3.8) is 0 Å². The summed E-state index contributed by atoms with van der Waals surface area (Å²) < 4.78 is 87.4. The van der Waals surface area contributed by atoms with Crippen LogP contribution in [0.15, 0.2) is 24.0 Å². The molecule has 0 radical (unpaired) electrons. The van der Waals surface area contributed by atoms with Gasteiger partial charge < -0.3 is 5.11 Å². The maximum Gasteiger partial charge on any atom is 0.417 e. The molecule has 0 saturated heterocycles. The molecule has 0 aliphatic carbocycles. The minimum absolute atomic E-state index is 0.150. The Morgan fingerprint density at radius 2 is 1.76 bits per heavy atom. The Hall–Kier alpha value is -2.06. The molecule has 0 aliphatic heterocycles. The van der Waals surface area contributed by atoms with Crippen molar-refractivity contribution in [2.75, 3.05) is 0 Å². The third kappa shape index (κ3) is 4.20. The lowest BCUT2D eigenvalue weighted by molar-refractivity contribution is -0.138. The molecule has 1 N–H and O–H groups in total. The van der Waals surface area contributed by atoms with Gasteiger partial charge in [0.2, 0.25) is 6.17 Å². The lowest BCUT2D eigenvalue weighted by Gasteiger charge is -2.11. The number of carboxylic acids is 1. The summed E-state index contributed by atoms with van der Waals surface area (Å²) in [5, 5.41) is 8.61. The van der Waals surface area contributed by atoms with Gasteiger partial charge in [-0.25, -0.2) is 22.4 Å². The second-order valence-corrected chi connectivity index (χ2v) is 3.87. The zero-order valence-corrected chi connectivity index (χ0v) is 9.97. The standard InChI is InChI=1S/C12H7F7O2/c13-8(9(14)10(15)16)4-5-1-2-6(11(20)21)7(3-5)12(17,18)19/h1-4,9-10H,(H,20,21). The molecule has 0 aromatic heterocycles. The molecule has 1 aromatic rings. The SMILES string of the molecule is O=C(O)c1ccc(C=C(F)C(F)C(F)F)cc1C(F)(F)F. The molecule has 1 rings (SSSR count).